The maximum atomic E-state index is 2.40. The Morgan fingerprint density at radius 2 is 0.481 bits per heavy atom. The van der Waals surface area contributed by atoms with Gasteiger partial charge in [0.25, 0.3) is 0 Å². The first-order chi connectivity index (χ1) is 12.7. The molecule has 7 aliphatic rings. The molecule has 0 aromatic heterocycles. The van der Waals surface area contributed by atoms with Crippen molar-refractivity contribution in [1.29, 1.82) is 0 Å². The molecule has 0 aromatic carbocycles. The van der Waals surface area contributed by atoms with Gasteiger partial charge in [-0.1, -0.05) is 69.7 Å². The van der Waals surface area contributed by atoms with Crippen LogP contribution in [0.4, 0.5) is 0 Å². The molecule has 7 saturated carbocycles. The second-order valence-electron chi connectivity index (χ2n) is 8.66. The molecule has 0 heterocycles. The minimum atomic E-state index is 0. The highest BCUT2D eigenvalue weighted by Crippen LogP contribution is 2.53. The van der Waals surface area contributed by atoms with Gasteiger partial charge in [0.15, 0.2) is 0 Å². The summed E-state index contributed by atoms with van der Waals surface area (Å²) in [5.41, 5.74) is 0. The molecule has 7 rings (SSSR count). The average molecular weight is 383 g/mol. The van der Waals surface area contributed by atoms with Crippen molar-refractivity contribution in [2.45, 2.75) is 134 Å². The third kappa shape index (κ3) is 9.36. The fraction of sp³-hybridized carbons (Fsp3) is 1.00. The van der Waals surface area contributed by atoms with E-state index in [0.29, 0.717) is 0 Å². The highest BCUT2D eigenvalue weighted by molar-refractivity contribution is 4.93. The largest absolute Gasteiger partial charge is 0.0776 e. The molecule has 0 atom stereocenters. The van der Waals surface area contributed by atoms with Gasteiger partial charge in [0.1, 0.15) is 0 Å². The smallest absolute Gasteiger partial charge is 0.0406 e. The molecule has 7 fully saturated rings. The van der Waals surface area contributed by atoms with Crippen LogP contribution in [0.25, 0.3) is 0 Å². The van der Waals surface area contributed by atoms with Crippen molar-refractivity contribution < 1.29 is 0 Å². The summed E-state index contributed by atoms with van der Waals surface area (Å²) in [5, 5.41) is 0. The Bertz CT molecular complexity index is 233. The van der Waals surface area contributed by atoms with Gasteiger partial charge < -0.3 is 0 Å². The first-order valence-corrected chi connectivity index (χ1v) is 12.7. The van der Waals surface area contributed by atoms with Crippen molar-refractivity contribution in [2.24, 2.45) is 41.4 Å². The molecular weight excluding hydrogens is 324 g/mol. The molecule has 0 N–H and O–H groups in total. The zero-order valence-corrected chi connectivity index (χ0v) is 20.1. The van der Waals surface area contributed by atoms with E-state index in [4.69, 9.17) is 0 Å². The monoisotopic (exact) mass is 382 g/mol. The summed E-state index contributed by atoms with van der Waals surface area (Å²) in [4.78, 5) is 0. The quantitative estimate of drug-likeness (QED) is 0.391. The van der Waals surface area contributed by atoms with Gasteiger partial charge in [-0.15, -0.1) is 0 Å². The van der Waals surface area contributed by atoms with Crippen LogP contribution in [0, 0.1) is 41.4 Å². The molecule has 6 bridgehead atoms. The van der Waals surface area contributed by atoms with Crippen LogP contribution in [0.2, 0.25) is 0 Å². The molecule has 0 aromatic rings. The van der Waals surface area contributed by atoms with Crippen LogP contribution in [-0.4, -0.2) is 0 Å². The van der Waals surface area contributed by atoms with Gasteiger partial charge in [-0.3, -0.25) is 0 Å². The van der Waals surface area contributed by atoms with E-state index in [-0.39, 0.29) is 7.43 Å². The molecule has 0 spiro atoms. The van der Waals surface area contributed by atoms with Crippen molar-refractivity contribution in [1.82, 2.24) is 0 Å². The fourth-order valence-electron chi connectivity index (χ4n) is 6.48. The second kappa shape index (κ2) is 16.9. The Hall–Kier alpha value is 0. The Kier molecular flexibility index (Phi) is 18.3. The summed E-state index contributed by atoms with van der Waals surface area (Å²) in [6, 6.07) is 0. The van der Waals surface area contributed by atoms with Gasteiger partial charge in [-0.05, 0) is 106 Å². The van der Waals surface area contributed by atoms with Gasteiger partial charge >= 0.3 is 0 Å². The van der Waals surface area contributed by atoms with Crippen molar-refractivity contribution in [3.63, 3.8) is 0 Å². The van der Waals surface area contributed by atoms with E-state index in [0.717, 1.165) is 17.8 Å². The molecular formula is C27H58. The maximum absolute atomic E-state index is 2.40. The van der Waals surface area contributed by atoms with Crippen LogP contribution in [-0.2, 0) is 0 Å². The second-order valence-corrected chi connectivity index (χ2v) is 8.66. The first-order valence-electron chi connectivity index (χ1n) is 12.7. The number of fused-ring (bicyclic) bond motifs is 2. The molecule has 27 heavy (non-hydrogen) atoms. The third-order valence-electron chi connectivity index (χ3n) is 6.80. The SMILES string of the molecule is C.C1C2CC3CC1CC(C2)C3.CC.CC.CC.CC.CC1CC2CC(C1)C2. The Morgan fingerprint density at radius 1 is 0.333 bits per heavy atom. The van der Waals surface area contributed by atoms with Crippen LogP contribution in [0.3, 0.4) is 0 Å². The van der Waals surface area contributed by atoms with E-state index >= 15 is 0 Å². The van der Waals surface area contributed by atoms with Crippen LogP contribution in [0.1, 0.15) is 134 Å². The first kappa shape index (κ1) is 29.2. The highest BCUT2D eigenvalue weighted by atomic mass is 14.5. The number of rotatable bonds is 0. The minimum Gasteiger partial charge on any atom is -0.0776 e. The average Bonchev–Trinajstić information content (AvgIpc) is 2.67. The molecule has 0 radical (unpaired) electrons. The lowest BCUT2D eigenvalue weighted by Gasteiger charge is -2.49. The summed E-state index contributed by atoms with van der Waals surface area (Å²) in [6.07, 6.45) is 15.8. The molecule has 7 aliphatic carbocycles. The van der Waals surface area contributed by atoms with E-state index in [1.165, 1.54) is 36.5 Å². The Balaban J connectivity index is 0. The van der Waals surface area contributed by atoms with Crippen LogP contribution < -0.4 is 0 Å². The predicted octanol–water partition coefficient (Wildman–Crippen LogP) is 10.0. The van der Waals surface area contributed by atoms with Gasteiger partial charge in [0.2, 0.25) is 0 Å². The van der Waals surface area contributed by atoms with Crippen LogP contribution >= 0.6 is 0 Å². The van der Waals surface area contributed by atoms with Crippen molar-refractivity contribution in [3.05, 3.63) is 0 Å². The summed E-state index contributed by atoms with van der Waals surface area (Å²) < 4.78 is 0. The normalized spacial score (nSPS) is 37.9. The van der Waals surface area contributed by atoms with Gasteiger partial charge in [0, 0.05) is 0 Å². The minimum absolute atomic E-state index is 0. The summed E-state index contributed by atoms with van der Waals surface area (Å²) in [6.45, 7) is 18.4. The molecule has 0 amide bonds. The van der Waals surface area contributed by atoms with E-state index in [2.05, 4.69) is 6.92 Å². The third-order valence-corrected chi connectivity index (χ3v) is 6.80. The maximum Gasteiger partial charge on any atom is -0.0406 e. The number of hydrogen-bond acceptors (Lipinski definition) is 0. The Morgan fingerprint density at radius 3 is 0.593 bits per heavy atom. The predicted molar refractivity (Wildman–Crippen MR) is 128 cm³/mol. The van der Waals surface area contributed by atoms with E-state index < -0.39 is 0 Å². The van der Waals surface area contributed by atoms with Crippen molar-refractivity contribution >= 4 is 0 Å². The molecule has 0 nitrogen and oxygen atoms in total. The van der Waals surface area contributed by atoms with E-state index in [9.17, 15) is 0 Å². The fourth-order valence-corrected chi connectivity index (χ4v) is 6.48. The van der Waals surface area contributed by atoms with Gasteiger partial charge in [-0.2, -0.15) is 0 Å². The molecule has 0 heteroatoms. The molecule has 166 valence electrons. The van der Waals surface area contributed by atoms with Crippen LogP contribution in [0.5, 0.6) is 0 Å². The lowest BCUT2D eigenvalue weighted by Crippen LogP contribution is -2.38. The highest BCUT2D eigenvalue weighted by Gasteiger charge is 2.41. The molecule has 0 saturated heterocycles. The van der Waals surface area contributed by atoms with Gasteiger partial charge in [0.05, 0.1) is 0 Å². The standard InChI is InChI=1S/C10H16.C8H14.4C2H6.CH4/c1-7-2-9-4-8(1)5-10(3-7)6-9;1-6-2-7-4-8(3-6)5-7;4*1-2;/h7-10H,1-6H2;6-8H,2-5H2,1H3;4*1-2H3;1H4. The van der Waals surface area contributed by atoms with Gasteiger partial charge in [-0.25, -0.2) is 0 Å². The summed E-state index contributed by atoms with van der Waals surface area (Å²) in [7, 11) is 0. The lowest BCUT2D eigenvalue weighted by molar-refractivity contribution is 0.0198. The van der Waals surface area contributed by atoms with Crippen molar-refractivity contribution in [3.8, 4) is 0 Å². The molecule has 0 aliphatic heterocycles. The van der Waals surface area contributed by atoms with E-state index in [1.807, 2.05) is 55.4 Å². The molecule has 0 unspecified atom stereocenters. The number of hydrogen-bond donors (Lipinski definition) is 0. The van der Waals surface area contributed by atoms with Crippen molar-refractivity contribution in [2.75, 3.05) is 0 Å². The zero-order valence-electron chi connectivity index (χ0n) is 20.1. The van der Waals surface area contributed by atoms with E-state index in [1.54, 1.807) is 51.4 Å². The summed E-state index contributed by atoms with van der Waals surface area (Å²) >= 11 is 0. The van der Waals surface area contributed by atoms with Crippen LogP contribution in [0.15, 0.2) is 0 Å². The lowest BCUT2D eigenvalue weighted by atomic mass is 9.56. The topological polar surface area (TPSA) is 0 Å². The summed E-state index contributed by atoms with van der Waals surface area (Å²) in [5.74, 6) is 8.08. The Labute approximate surface area is 175 Å². The zero-order chi connectivity index (χ0) is 20.1.